The second-order valence-corrected chi connectivity index (χ2v) is 4.55. The number of halogens is 1. The molecular weight excluding hydrogens is 229 g/mol. The van der Waals surface area contributed by atoms with Gasteiger partial charge in [-0.25, -0.2) is 4.39 Å². The minimum atomic E-state index is -0.212. The average molecular weight is 253 g/mol. The molecule has 1 aromatic rings. The summed E-state index contributed by atoms with van der Waals surface area (Å²) in [5, 5.41) is 3.02. The number of rotatable bonds is 9. The van der Waals surface area contributed by atoms with E-state index in [0.29, 0.717) is 13.2 Å². The predicted octanol–water partition coefficient (Wildman–Crippen LogP) is 3.89. The number of hydrogen-bond acceptors (Lipinski definition) is 2. The molecule has 0 saturated heterocycles. The Balaban J connectivity index is 2.36. The van der Waals surface area contributed by atoms with Crippen molar-refractivity contribution in [1.29, 1.82) is 0 Å². The molecule has 0 spiro atoms. The fraction of sp³-hybridized carbons (Fsp3) is 0.600. The molecule has 0 radical (unpaired) electrons. The van der Waals surface area contributed by atoms with Gasteiger partial charge >= 0.3 is 0 Å². The molecule has 0 amide bonds. The first-order valence-electron chi connectivity index (χ1n) is 6.83. The zero-order valence-electron chi connectivity index (χ0n) is 11.5. The predicted molar refractivity (Wildman–Crippen MR) is 73.4 cm³/mol. The van der Waals surface area contributed by atoms with Gasteiger partial charge in [0.2, 0.25) is 0 Å². The fourth-order valence-corrected chi connectivity index (χ4v) is 1.91. The van der Waals surface area contributed by atoms with Gasteiger partial charge in [0, 0.05) is 12.1 Å². The van der Waals surface area contributed by atoms with Crippen molar-refractivity contribution in [3.05, 3.63) is 29.6 Å². The van der Waals surface area contributed by atoms with Crippen LogP contribution in [-0.4, -0.2) is 13.7 Å². The molecule has 0 bridgehead atoms. The molecule has 0 fully saturated rings. The van der Waals surface area contributed by atoms with E-state index in [9.17, 15) is 4.39 Å². The van der Waals surface area contributed by atoms with Crippen LogP contribution < -0.4 is 10.1 Å². The highest BCUT2D eigenvalue weighted by Crippen LogP contribution is 2.20. The van der Waals surface area contributed by atoms with Crippen LogP contribution in [0.2, 0.25) is 0 Å². The number of benzene rings is 1. The zero-order valence-corrected chi connectivity index (χ0v) is 11.5. The summed E-state index contributed by atoms with van der Waals surface area (Å²) < 4.78 is 18.8. The first kappa shape index (κ1) is 15.0. The Bertz CT molecular complexity index is 341. The maximum atomic E-state index is 13.1. The number of hydrogen-bond donors (Lipinski definition) is 1. The van der Waals surface area contributed by atoms with E-state index < -0.39 is 0 Å². The number of ether oxygens (including phenoxy) is 1. The Hall–Kier alpha value is -1.09. The van der Waals surface area contributed by atoms with Crippen LogP contribution in [0.1, 0.15) is 44.6 Å². The summed E-state index contributed by atoms with van der Waals surface area (Å²) in [5.41, 5.74) is 0.881. The van der Waals surface area contributed by atoms with Gasteiger partial charge in [-0.3, -0.25) is 0 Å². The van der Waals surface area contributed by atoms with Crippen LogP contribution >= 0.6 is 0 Å². The lowest BCUT2D eigenvalue weighted by Crippen LogP contribution is -2.08. The maximum Gasteiger partial charge on any atom is 0.123 e. The second-order valence-electron chi connectivity index (χ2n) is 4.55. The Labute approximate surface area is 110 Å². The van der Waals surface area contributed by atoms with Crippen LogP contribution in [0, 0.1) is 5.82 Å². The molecule has 1 aromatic carbocycles. The molecule has 3 heteroatoms. The summed E-state index contributed by atoms with van der Waals surface area (Å²) in [7, 11) is 1.85. The average Bonchev–Trinajstić information content (AvgIpc) is 2.36. The van der Waals surface area contributed by atoms with Crippen LogP contribution in [0.4, 0.5) is 4.39 Å². The van der Waals surface area contributed by atoms with Gasteiger partial charge in [0.15, 0.2) is 0 Å². The summed E-state index contributed by atoms with van der Waals surface area (Å²) in [6.45, 7) is 3.55. The third-order valence-corrected chi connectivity index (χ3v) is 2.90. The minimum absolute atomic E-state index is 0.212. The Kier molecular flexibility index (Phi) is 7.42. The van der Waals surface area contributed by atoms with Gasteiger partial charge in [0.25, 0.3) is 0 Å². The lowest BCUT2D eigenvalue weighted by atomic mass is 10.1. The lowest BCUT2D eigenvalue weighted by molar-refractivity contribution is 0.300. The third kappa shape index (κ3) is 5.50. The van der Waals surface area contributed by atoms with Crippen LogP contribution in [0.3, 0.4) is 0 Å². The molecule has 0 aromatic heterocycles. The zero-order chi connectivity index (χ0) is 13.2. The van der Waals surface area contributed by atoms with E-state index in [-0.39, 0.29) is 5.82 Å². The molecular formula is C15H24FNO. The van der Waals surface area contributed by atoms with Gasteiger partial charge in [0.05, 0.1) is 6.61 Å². The largest absolute Gasteiger partial charge is 0.493 e. The summed E-state index contributed by atoms with van der Waals surface area (Å²) in [4.78, 5) is 0. The minimum Gasteiger partial charge on any atom is -0.493 e. The maximum absolute atomic E-state index is 13.1. The molecule has 0 unspecified atom stereocenters. The number of nitrogens with one attached hydrogen (secondary N) is 1. The topological polar surface area (TPSA) is 21.3 Å². The van der Waals surface area contributed by atoms with E-state index in [2.05, 4.69) is 12.2 Å². The normalized spacial score (nSPS) is 10.6. The summed E-state index contributed by atoms with van der Waals surface area (Å²) in [6.07, 6.45) is 6.09. The fourth-order valence-electron chi connectivity index (χ4n) is 1.91. The van der Waals surface area contributed by atoms with Gasteiger partial charge in [0.1, 0.15) is 11.6 Å². The number of unbranched alkanes of at least 4 members (excludes halogenated alkanes) is 4. The van der Waals surface area contributed by atoms with E-state index in [4.69, 9.17) is 4.74 Å². The van der Waals surface area contributed by atoms with Crippen molar-refractivity contribution < 1.29 is 9.13 Å². The molecule has 0 aliphatic heterocycles. The molecule has 18 heavy (non-hydrogen) atoms. The SMILES string of the molecule is CCCCCCCOc1ccc(F)cc1CNC. The van der Waals surface area contributed by atoms with E-state index >= 15 is 0 Å². The van der Waals surface area contributed by atoms with Gasteiger partial charge in [-0.2, -0.15) is 0 Å². The Morgan fingerprint density at radius 3 is 2.67 bits per heavy atom. The van der Waals surface area contributed by atoms with E-state index in [0.717, 1.165) is 17.7 Å². The highest BCUT2D eigenvalue weighted by Gasteiger charge is 2.04. The third-order valence-electron chi connectivity index (χ3n) is 2.90. The Morgan fingerprint density at radius 2 is 1.94 bits per heavy atom. The molecule has 0 atom stereocenters. The summed E-state index contributed by atoms with van der Waals surface area (Å²) in [6, 6.07) is 4.70. The Morgan fingerprint density at radius 1 is 1.17 bits per heavy atom. The van der Waals surface area contributed by atoms with Crippen LogP contribution in [0.5, 0.6) is 5.75 Å². The van der Waals surface area contributed by atoms with Crippen molar-refractivity contribution in [1.82, 2.24) is 5.32 Å². The van der Waals surface area contributed by atoms with Gasteiger partial charge in [-0.15, -0.1) is 0 Å². The first-order chi connectivity index (χ1) is 8.77. The smallest absolute Gasteiger partial charge is 0.123 e. The molecule has 1 N–H and O–H groups in total. The van der Waals surface area contributed by atoms with Crippen LogP contribution in [0.25, 0.3) is 0 Å². The summed E-state index contributed by atoms with van der Waals surface area (Å²) in [5.74, 6) is 0.580. The van der Waals surface area contributed by atoms with Gasteiger partial charge in [-0.1, -0.05) is 32.6 Å². The highest BCUT2D eigenvalue weighted by molar-refractivity contribution is 5.33. The molecule has 0 saturated carbocycles. The first-order valence-corrected chi connectivity index (χ1v) is 6.83. The van der Waals surface area contributed by atoms with E-state index in [1.54, 1.807) is 6.07 Å². The van der Waals surface area contributed by atoms with Crippen molar-refractivity contribution in [3.8, 4) is 5.75 Å². The summed E-state index contributed by atoms with van der Waals surface area (Å²) >= 11 is 0. The molecule has 0 aliphatic carbocycles. The molecule has 1 rings (SSSR count). The molecule has 2 nitrogen and oxygen atoms in total. The van der Waals surface area contributed by atoms with Crippen molar-refractivity contribution >= 4 is 0 Å². The van der Waals surface area contributed by atoms with Crippen LogP contribution in [0.15, 0.2) is 18.2 Å². The van der Waals surface area contributed by atoms with Crippen molar-refractivity contribution in [3.63, 3.8) is 0 Å². The monoisotopic (exact) mass is 253 g/mol. The van der Waals surface area contributed by atoms with Gasteiger partial charge in [-0.05, 0) is 31.7 Å². The standard InChI is InChI=1S/C15H24FNO/c1-3-4-5-6-7-10-18-15-9-8-14(16)11-13(15)12-17-2/h8-9,11,17H,3-7,10,12H2,1-2H3. The van der Waals surface area contributed by atoms with Crippen molar-refractivity contribution in [2.45, 2.75) is 45.6 Å². The molecule has 102 valence electrons. The second kappa shape index (κ2) is 8.92. The van der Waals surface area contributed by atoms with Crippen molar-refractivity contribution in [2.75, 3.05) is 13.7 Å². The van der Waals surface area contributed by atoms with E-state index in [1.165, 1.54) is 37.8 Å². The lowest BCUT2D eigenvalue weighted by Gasteiger charge is -2.11. The molecule has 0 aliphatic rings. The van der Waals surface area contributed by atoms with Crippen LogP contribution in [-0.2, 0) is 6.54 Å². The highest BCUT2D eigenvalue weighted by atomic mass is 19.1. The quantitative estimate of drug-likeness (QED) is 0.674. The molecule has 0 heterocycles. The van der Waals surface area contributed by atoms with Gasteiger partial charge < -0.3 is 10.1 Å². The van der Waals surface area contributed by atoms with E-state index in [1.807, 2.05) is 7.05 Å². The van der Waals surface area contributed by atoms with Crippen molar-refractivity contribution in [2.24, 2.45) is 0 Å².